The largest absolute Gasteiger partial charge is 0.437 e. The lowest BCUT2D eigenvalue weighted by Crippen LogP contribution is -2.30. The van der Waals surface area contributed by atoms with Crippen molar-refractivity contribution in [2.24, 2.45) is 10.7 Å². The number of hydrogen-bond acceptors (Lipinski definition) is 7. The molecule has 11 heteroatoms. The Morgan fingerprint density at radius 3 is 2.06 bits per heavy atom. The van der Waals surface area contributed by atoms with E-state index in [-0.39, 0.29) is 45.5 Å². The van der Waals surface area contributed by atoms with Crippen LogP contribution in [0.1, 0.15) is 41.4 Å². The number of halogens is 2. The first-order valence-corrected chi connectivity index (χ1v) is 15.3. The van der Waals surface area contributed by atoms with Crippen LogP contribution in [0.3, 0.4) is 0 Å². The van der Waals surface area contributed by atoms with Crippen LogP contribution in [0.4, 0.5) is 10.2 Å². The van der Waals surface area contributed by atoms with Gasteiger partial charge in [0, 0.05) is 52.8 Å². The highest BCUT2D eigenvalue weighted by Gasteiger charge is 2.25. The first kappa shape index (κ1) is 32.0. The van der Waals surface area contributed by atoms with Crippen molar-refractivity contribution < 1.29 is 13.9 Å². The molecule has 0 spiro atoms. The number of carbonyl (C=O) groups excluding carboxylic acids is 1. The summed E-state index contributed by atoms with van der Waals surface area (Å²) < 4.78 is 21.2. The summed E-state index contributed by atoms with van der Waals surface area (Å²) in [6.45, 7) is 3.69. The number of benzene rings is 3. The van der Waals surface area contributed by atoms with Crippen LogP contribution in [0.15, 0.2) is 125 Å². The lowest BCUT2D eigenvalue weighted by atomic mass is 10.0. The van der Waals surface area contributed by atoms with E-state index >= 15 is 0 Å². The number of rotatable bonds is 9. The minimum atomic E-state index is -0.933. The molecule has 3 aromatic carbocycles. The second kappa shape index (κ2) is 13.8. The van der Waals surface area contributed by atoms with Crippen LogP contribution < -0.4 is 15.9 Å². The average Bonchev–Trinajstić information content (AvgIpc) is 3.09. The summed E-state index contributed by atoms with van der Waals surface area (Å²) in [6, 6.07) is 29.2. The van der Waals surface area contributed by atoms with Crippen molar-refractivity contribution in [2.75, 3.05) is 0 Å². The van der Waals surface area contributed by atoms with Gasteiger partial charge in [0.15, 0.2) is 11.6 Å². The highest BCUT2D eigenvalue weighted by molar-refractivity contribution is 6.34. The van der Waals surface area contributed by atoms with E-state index in [1.54, 1.807) is 18.2 Å². The first-order valence-electron chi connectivity index (χ1n) is 14.9. The molecule has 6 rings (SSSR count). The van der Waals surface area contributed by atoms with E-state index in [1.165, 1.54) is 41.3 Å². The van der Waals surface area contributed by atoms with Gasteiger partial charge in [-0.2, -0.15) is 5.10 Å². The normalized spacial score (nSPS) is 10.9. The summed E-state index contributed by atoms with van der Waals surface area (Å²) in [5.74, 6) is -0.689. The monoisotopic (exact) mass is 658 g/mol. The molecule has 238 valence electrons. The molecule has 0 fully saturated rings. The smallest absolute Gasteiger partial charge is 0.254 e. The molecule has 6 aromatic rings. The van der Waals surface area contributed by atoms with Crippen molar-refractivity contribution >= 4 is 29.0 Å². The summed E-state index contributed by atoms with van der Waals surface area (Å²) in [4.78, 5) is 39.9. The molecule has 1 amide bonds. The van der Waals surface area contributed by atoms with Crippen LogP contribution in [0.5, 0.6) is 11.6 Å². The number of amides is 1. The molecule has 0 atom stereocenters. The van der Waals surface area contributed by atoms with E-state index < -0.39 is 17.2 Å². The van der Waals surface area contributed by atoms with Crippen molar-refractivity contribution in [3.63, 3.8) is 0 Å². The van der Waals surface area contributed by atoms with Gasteiger partial charge in [0.2, 0.25) is 11.3 Å². The van der Waals surface area contributed by atoms with E-state index in [0.29, 0.717) is 16.8 Å². The molecule has 3 aromatic heterocycles. The Labute approximate surface area is 280 Å². The summed E-state index contributed by atoms with van der Waals surface area (Å²) in [5, 5.41) is 4.73. The predicted molar refractivity (Wildman–Crippen MR) is 184 cm³/mol. The van der Waals surface area contributed by atoms with Gasteiger partial charge in [-0.25, -0.2) is 19.4 Å². The van der Waals surface area contributed by atoms with Crippen LogP contribution in [-0.4, -0.2) is 31.4 Å². The maximum atomic E-state index is 13.6. The number of carbonyl (C=O) groups is 1. The number of aromatic nitrogens is 4. The van der Waals surface area contributed by atoms with E-state index in [4.69, 9.17) is 27.1 Å². The van der Waals surface area contributed by atoms with Crippen LogP contribution >= 0.6 is 11.6 Å². The Kier molecular flexibility index (Phi) is 9.17. The number of aliphatic imine (C=N–C) groups is 1. The maximum absolute atomic E-state index is 13.6. The van der Waals surface area contributed by atoms with Gasteiger partial charge in [-0.1, -0.05) is 72.3 Å². The molecule has 0 saturated heterocycles. The second-order valence-corrected chi connectivity index (χ2v) is 11.3. The Balaban J connectivity index is 1.36. The highest BCUT2D eigenvalue weighted by atomic mass is 35.5. The summed E-state index contributed by atoms with van der Waals surface area (Å²) >= 11 is 6.77. The van der Waals surface area contributed by atoms with E-state index in [0.717, 1.165) is 11.1 Å². The van der Waals surface area contributed by atoms with Crippen LogP contribution in [0.25, 0.3) is 22.5 Å². The fraction of sp³-hybridized carbons (Fsp3) is 0.0811. The molecule has 48 heavy (non-hydrogen) atoms. The molecule has 0 aliphatic rings. The Bertz CT molecular complexity index is 2150. The summed E-state index contributed by atoms with van der Waals surface area (Å²) in [6.07, 6.45) is 2.99. The van der Waals surface area contributed by atoms with E-state index in [9.17, 15) is 14.0 Å². The topological polar surface area (TPSA) is 125 Å². The zero-order valence-corrected chi connectivity index (χ0v) is 26.6. The van der Waals surface area contributed by atoms with Gasteiger partial charge >= 0.3 is 0 Å². The van der Waals surface area contributed by atoms with Gasteiger partial charge in [0.25, 0.3) is 5.91 Å². The van der Waals surface area contributed by atoms with Gasteiger partial charge in [0.1, 0.15) is 22.1 Å². The predicted octanol–water partition coefficient (Wildman–Crippen LogP) is 7.80. The average molecular weight is 659 g/mol. The second-order valence-electron chi connectivity index (χ2n) is 10.9. The lowest BCUT2D eigenvalue weighted by molar-refractivity contribution is 0.0999. The summed E-state index contributed by atoms with van der Waals surface area (Å²) in [5.41, 5.74) is 8.20. The molecular weight excluding hydrogens is 631 g/mol. The minimum absolute atomic E-state index is 0.0253. The SMILES string of the molecule is CC(C)n1nc(-c2ccc(F)cc2)c(=O)c(C(N)=O)c1-c1ccc(Oc2ccnc(N=C(c3ccccc3)c3ccccc3)c2Cl)nc1. The van der Waals surface area contributed by atoms with Gasteiger partial charge < -0.3 is 10.5 Å². The maximum Gasteiger partial charge on any atom is 0.254 e. The molecule has 9 nitrogen and oxygen atoms in total. The van der Waals surface area contributed by atoms with Gasteiger partial charge in [-0.15, -0.1) is 0 Å². The Morgan fingerprint density at radius 1 is 0.875 bits per heavy atom. The molecular formula is C37H28ClFN6O3. The Morgan fingerprint density at radius 2 is 1.50 bits per heavy atom. The number of hydrogen-bond donors (Lipinski definition) is 1. The van der Waals surface area contributed by atoms with Crippen LogP contribution in [0, 0.1) is 5.82 Å². The number of nitrogens with two attached hydrogens (primary N) is 1. The number of pyridine rings is 2. The molecule has 3 heterocycles. The fourth-order valence-electron chi connectivity index (χ4n) is 5.08. The molecule has 0 aliphatic heterocycles. The first-order chi connectivity index (χ1) is 23.2. The third-order valence-electron chi connectivity index (χ3n) is 7.34. The van der Waals surface area contributed by atoms with Gasteiger partial charge in [-0.3, -0.25) is 14.3 Å². The third kappa shape index (κ3) is 6.60. The number of nitrogens with zero attached hydrogens (tertiary/aromatic N) is 5. The molecule has 0 aliphatic carbocycles. The third-order valence-corrected chi connectivity index (χ3v) is 7.70. The van der Waals surface area contributed by atoms with Crippen molar-refractivity contribution in [2.45, 2.75) is 19.9 Å². The van der Waals surface area contributed by atoms with Crippen molar-refractivity contribution in [3.05, 3.63) is 153 Å². The quantitative estimate of drug-likeness (QED) is 0.158. The number of ether oxygens (including phenoxy) is 1. The lowest BCUT2D eigenvalue weighted by Gasteiger charge is -2.20. The standard InChI is InChI=1S/C37H28ClFN6O3/c1-22(2)45-34(30(36(40)47)35(46)33(44-45)25-13-16-27(39)17-14-25)26-15-18-29(42-21-26)48-28-19-20-41-37(31(28)38)43-32(23-9-5-3-6-10-23)24-11-7-4-8-12-24/h3-22H,1-2H3,(H2,40,47). The molecule has 2 N–H and O–H groups in total. The van der Waals surface area contributed by atoms with Gasteiger partial charge in [0.05, 0.1) is 11.4 Å². The van der Waals surface area contributed by atoms with Crippen molar-refractivity contribution in [1.82, 2.24) is 19.7 Å². The fourth-order valence-corrected chi connectivity index (χ4v) is 5.27. The molecule has 0 bridgehead atoms. The van der Waals surface area contributed by atoms with E-state index in [1.807, 2.05) is 74.5 Å². The Hall–Kier alpha value is -6.00. The minimum Gasteiger partial charge on any atom is -0.437 e. The van der Waals surface area contributed by atoms with Crippen LogP contribution in [0.2, 0.25) is 5.02 Å². The van der Waals surface area contributed by atoms with Crippen molar-refractivity contribution in [1.29, 1.82) is 0 Å². The zero-order chi connectivity index (χ0) is 33.8. The van der Waals surface area contributed by atoms with Crippen LogP contribution in [-0.2, 0) is 0 Å². The highest BCUT2D eigenvalue weighted by Crippen LogP contribution is 2.36. The van der Waals surface area contributed by atoms with E-state index in [2.05, 4.69) is 15.1 Å². The zero-order valence-electron chi connectivity index (χ0n) is 25.8. The molecule has 0 radical (unpaired) electrons. The summed E-state index contributed by atoms with van der Waals surface area (Å²) in [7, 11) is 0. The van der Waals surface area contributed by atoms with Crippen molar-refractivity contribution in [3.8, 4) is 34.1 Å². The molecule has 0 unspecified atom stereocenters. The number of primary amides is 1. The molecule has 0 saturated carbocycles. The van der Waals surface area contributed by atoms with Gasteiger partial charge in [-0.05, 0) is 44.2 Å².